The van der Waals surface area contributed by atoms with Gasteiger partial charge in [0.1, 0.15) is 5.75 Å². The van der Waals surface area contributed by atoms with Gasteiger partial charge in [-0.25, -0.2) is 0 Å². The Morgan fingerprint density at radius 1 is 1.20 bits per heavy atom. The van der Waals surface area contributed by atoms with E-state index in [1.54, 1.807) is 0 Å². The molecule has 0 radical (unpaired) electrons. The zero-order valence-corrected chi connectivity index (χ0v) is 16.7. The number of benzene rings is 1. The SMILES string of the molecule is CCN(CC)CCCCOc1ccc2c(c1)CCCN2CC=C(C)C. The molecule has 0 N–H and O–H groups in total. The van der Waals surface area contributed by atoms with Crippen molar-refractivity contribution >= 4 is 5.69 Å². The van der Waals surface area contributed by atoms with Crippen molar-refractivity contribution in [1.82, 2.24) is 4.90 Å². The summed E-state index contributed by atoms with van der Waals surface area (Å²) in [7, 11) is 0. The van der Waals surface area contributed by atoms with Gasteiger partial charge in [0, 0.05) is 18.8 Å². The normalized spacial score (nSPS) is 13.7. The fourth-order valence-corrected chi connectivity index (χ4v) is 3.39. The second kappa shape index (κ2) is 10.5. The van der Waals surface area contributed by atoms with Crippen molar-refractivity contribution in [3.8, 4) is 5.75 Å². The average Bonchev–Trinajstić information content (AvgIpc) is 2.62. The van der Waals surface area contributed by atoms with Gasteiger partial charge in [-0.1, -0.05) is 25.5 Å². The molecular formula is C22H36N2O. The average molecular weight is 345 g/mol. The molecule has 0 spiro atoms. The Labute approximate surface area is 154 Å². The van der Waals surface area contributed by atoms with E-state index in [0.29, 0.717) is 0 Å². The zero-order valence-electron chi connectivity index (χ0n) is 16.7. The number of aryl methyl sites for hydroxylation is 1. The van der Waals surface area contributed by atoms with Crippen LogP contribution in [0.2, 0.25) is 0 Å². The van der Waals surface area contributed by atoms with Crippen LogP contribution in [0.4, 0.5) is 5.69 Å². The van der Waals surface area contributed by atoms with E-state index in [4.69, 9.17) is 4.74 Å². The molecule has 140 valence electrons. The Morgan fingerprint density at radius 2 is 2.00 bits per heavy atom. The van der Waals surface area contributed by atoms with Crippen molar-refractivity contribution in [3.05, 3.63) is 35.4 Å². The number of hydrogen-bond donors (Lipinski definition) is 0. The molecule has 0 fully saturated rings. The molecule has 0 bridgehead atoms. The van der Waals surface area contributed by atoms with Gasteiger partial charge in [0.2, 0.25) is 0 Å². The van der Waals surface area contributed by atoms with Crippen LogP contribution < -0.4 is 9.64 Å². The number of fused-ring (bicyclic) bond motifs is 1. The fraction of sp³-hybridized carbons (Fsp3) is 0.636. The summed E-state index contributed by atoms with van der Waals surface area (Å²) in [6, 6.07) is 6.65. The van der Waals surface area contributed by atoms with Crippen LogP contribution in [0.5, 0.6) is 5.75 Å². The van der Waals surface area contributed by atoms with E-state index >= 15 is 0 Å². The Bertz CT molecular complexity index is 545. The van der Waals surface area contributed by atoms with Crippen LogP contribution in [0.25, 0.3) is 0 Å². The Morgan fingerprint density at radius 3 is 2.72 bits per heavy atom. The lowest BCUT2D eigenvalue weighted by molar-refractivity contribution is 0.266. The van der Waals surface area contributed by atoms with Crippen molar-refractivity contribution in [3.63, 3.8) is 0 Å². The van der Waals surface area contributed by atoms with Gasteiger partial charge in [0.05, 0.1) is 6.61 Å². The first-order valence-electron chi connectivity index (χ1n) is 10.0. The number of unbranched alkanes of at least 4 members (excludes halogenated alkanes) is 1. The maximum Gasteiger partial charge on any atom is 0.119 e. The fourth-order valence-electron chi connectivity index (χ4n) is 3.39. The van der Waals surface area contributed by atoms with E-state index < -0.39 is 0 Å². The van der Waals surface area contributed by atoms with E-state index in [2.05, 4.69) is 61.8 Å². The smallest absolute Gasteiger partial charge is 0.119 e. The monoisotopic (exact) mass is 344 g/mol. The number of anilines is 1. The highest BCUT2D eigenvalue weighted by Crippen LogP contribution is 2.30. The summed E-state index contributed by atoms with van der Waals surface area (Å²) in [5.41, 5.74) is 4.21. The third-order valence-corrected chi connectivity index (χ3v) is 5.02. The molecule has 2 rings (SSSR count). The number of rotatable bonds is 10. The summed E-state index contributed by atoms with van der Waals surface area (Å²) >= 11 is 0. The molecule has 0 atom stereocenters. The van der Waals surface area contributed by atoms with Gasteiger partial charge in [-0.2, -0.15) is 0 Å². The molecule has 1 aromatic carbocycles. The third-order valence-electron chi connectivity index (χ3n) is 5.02. The highest BCUT2D eigenvalue weighted by Gasteiger charge is 2.16. The number of nitrogens with zero attached hydrogens (tertiary/aromatic N) is 2. The quantitative estimate of drug-likeness (QED) is 0.443. The van der Waals surface area contributed by atoms with Gasteiger partial charge in [-0.15, -0.1) is 0 Å². The van der Waals surface area contributed by atoms with Crippen molar-refractivity contribution < 1.29 is 4.74 Å². The molecule has 1 aliphatic rings. The first kappa shape index (κ1) is 19.8. The molecule has 0 aromatic heterocycles. The standard InChI is InChI=1S/C22H36N2O/c1-5-23(6-2)14-7-8-17-25-21-11-12-22-20(18-21)10-9-15-24(22)16-13-19(3)4/h11-13,18H,5-10,14-17H2,1-4H3. The minimum Gasteiger partial charge on any atom is -0.494 e. The lowest BCUT2D eigenvalue weighted by atomic mass is 10.0. The first-order valence-corrected chi connectivity index (χ1v) is 10.0. The van der Waals surface area contributed by atoms with Crippen LogP contribution in [-0.4, -0.2) is 44.2 Å². The summed E-state index contributed by atoms with van der Waals surface area (Å²) in [5.74, 6) is 1.03. The topological polar surface area (TPSA) is 15.7 Å². The lowest BCUT2D eigenvalue weighted by Gasteiger charge is -2.31. The van der Waals surface area contributed by atoms with Crippen LogP contribution in [-0.2, 0) is 6.42 Å². The van der Waals surface area contributed by atoms with E-state index in [1.165, 1.54) is 42.6 Å². The highest BCUT2D eigenvalue weighted by molar-refractivity contribution is 5.58. The molecule has 0 aliphatic carbocycles. The van der Waals surface area contributed by atoms with Crippen LogP contribution in [0.15, 0.2) is 29.8 Å². The molecule has 1 aliphatic heterocycles. The van der Waals surface area contributed by atoms with Crippen molar-refractivity contribution in [2.75, 3.05) is 44.2 Å². The minimum atomic E-state index is 0.821. The maximum absolute atomic E-state index is 6.01. The van der Waals surface area contributed by atoms with Gasteiger partial charge in [-0.3, -0.25) is 0 Å². The van der Waals surface area contributed by atoms with Gasteiger partial charge in [0.15, 0.2) is 0 Å². The van der Waals surface area contributed by atoms with Crippen molar-refractivity contribution in [2.24, 2.45) is 0 Å². The number of allylic oxidation sites excluding steroid dienone is 1. The van der Waals surface area contributed by atoms with E-state index in [-0.39, 0.29) is 0 Å². The Balaban J connectivity index is 1.83. The van der Waals surface area contributed by atoms with Gasteiger partial charge < -0.3 is 14.5 Å². The van der Waals surface area contributed by atoms with Crippen LogP contribution >= 0.6 is 0 Å². The molecule has 3 heteroatoms. The summed E-state index contributed by atoms with van der Waals surface area (Å²) in [6.07, 6.45) is 7.05. The van der Waals surface area contributed by atoms with E-state index in [0.717, 1.165) is 45.0 Å². The molecule has 0 amide bonds. The molecule has 0 saturated carbocycles. The number of ether oxygens (including phenoxy) is 1. The second-order valence-electron chi connectivity index (χ2n) is 7.20. The molecular weight excluding hydrogens is 308 g/mol. The molecule has 1 aromatic rings. The van der Waals surface area contributed by atoms with E-state index in [9.17, 15) is 0 Å². The van der Waals surface area contributed by atoms with Crippen molar-refractivity contribution in [1.29, 1.82) is 0 Å². The summed E-state index contributed by atoms with van der Waals surface area (Å²) in [4.78, 5) is 4.96. The molecule has 3 nitrogen and oxygen atoms in total. The van der Waals surface area contributed by atoms with Crippen LogP contribution in [0.3, 0.4) is 0 Å². The van der Waals surface area contributed by atoms with Gasteiger partial charge >= 0.3 is 0 Å². The molecule has 0 saturated heterocycles. The predicted molar refractivity (Wildman–Crippen MR) is 109 cm³/mol. The Kier molecular flexibility index (Phi) is 8.33. The molecule has 0 unspecified atom stereocenters. The molecule has 1 heterocycles. The first-order chi connectivity index (χ1) is 12.1. The Hall–Kier alpha value is -1.48. The van der Waals surface area contributed by atoms with Crippen LogP contribution in [0.1, 0.15) is 52.5 Å². The van der Waals surface area contributed by atoms with E-state index in [1.807, 2.05) is 0 Å². The van der Waals surface area contributed by atoms with Crippen LogP contribution in [0, 0.1) is 0 Å². The number of hydrogen-bond acceptors (Lipinski definition) is 3. The second-order valence-corrected chi connectivity index (χ2v) is 7.20. The zero-order chi connectivity index (χ0) is 18.1. The summed E-state index contributed by atoms with van der Waals surface area (Å²) < 4.78 is 6.01. The van der Waals surface area contributed by atoms with Gasteiger partial charge in [-0.05, 0) is 82.9 Å². The predicted octanol–water partition coefficient (Wildman–Crippen LogP) is 4.91. The minimum absolute atomic E-state index is 0.821. The summed E-state index contributed by atoms with van der Waals surface area (Å²) in [6.45, 7) is 15.3. The maximum atomic E-state index is 6.01. The molecule has 25 heavy (non-hydrogen) atoms. The summed E-state index contributed by atoms with van der Waals surface area (Å²) in [5, 5.41) is 0. The lowest BCUT2D eigenvalue weighted by Crippen LogP contribution is -2.29. The largest absolute Gasteiger partial charge is 0.494 e. The highest BCUT2D eigenvalue weighted by atomic mass is 16.5. The third kappa shape index (κ3) is 6.39. The van der Waals surface area contributed by atoms with Gasteiger partial charge in [0.25, 0.3) is 0 Å². The van der Waals surface area contributed by atoms with Crippen molar-refractivity contribution in [2.45, 2.75) is 53.4 Å².